The molecule has 2 unspecified atom stereocenters. The second-order valence-corrected chi connectivity index (χ2v) is 5.17. The van der Waals surface area contributed by atoms with Gasteiger partial charge in [0, 0.05) is 7.11 Å². The van der Waals surface area contributed by atoms with Gasteiger partial charge in [-0.25, -0.2) is 0 Å². The zero-order chi connectivity index (χ0) is 13.1. The minimum absolute atomic E-state index is 0.426. The molecule has 0 aromatic heterocycles. The van der Waals surface area contributed by atoms with Gasteiger partial charge in [-0.2, -0.15) is 0 Å². The molecular formula is C14H31NO2. The van der Waals surface area contributed by atoms with Crippen LogP contribution in [-0.2, 0) is 4.74 Å². The van der Waals surface area contributed by atoms with E-state index in [0.717, 1.165) is 25.7 Å². The Morgan fingerprint density at radius 1 is 1.29 bits per heavy atom. The summed E-state index contributed by atoms with van der Waals surface area (Å²) < 4.78 is 5.16. The van der Waals surface area contributed by atoms with Crippen LogP contribution in [0.5, 0.6) is 0 Å². The number of hydrogen-bond acceptors (Lipinski definition) is 3. The highest BCUT2D eigenvalue weighted by Crippen LogP contribution is 2.28. The van der Waals surface area contributed by atoms with Crippen molar-refractivity contribution in [1.82, 2.24) is 0 Å². The van der Waals surface area contributed by atoms with Crippen LogP contribution in [0.2, 0.25) is 0 Å². The van der Waals surface area contributed by atoms with Crippen LogP contribution in [0.4, 0.5) is 0 Å². The third kappa shape index (κ3) is 7.74. The first-order valence-corrected chi connectivity index (χ1v) is 7.03. The van der Waals surface area contributed by atoms with Gasteiger partial charge < -0.3 is 15.6 Å². The normalized spacial score (nSPS) is 16.8. The van der Waals surface area contributed by atoms with Crippen molar-refractivity contribution in [1.29, 1.82) is 0 Å². The van der Waals surface area contributed by atoms with Crippen molar-refractivity contribution in [2.45, 2.75) is 64.4 Å². The second kappa shape index (κ2) is 9.86. The molecule has 0 aromatic carbocycles. The number of rotatable bonds is 11. The number of hydrogen-bond donors (Lipinski definition) is 2. The first-order valence-electron chi connectivity index (χ1n) is 7.03. The summed E-state index contributed by atoms with van der Waals surface area (Å²) >= 11 is 0. The zero-order valence-corrected chi connectivity index (χ0v) is 11.9. The molecule has 0 fully saturated rings. The van der Waals surface area contributed by atoms with Gasteiger partial charge in [-0.15, -0.1) is 0 Å². The fourth-order valence-corrected chi connectivity index (χ4v) is 2.41. The molecule has 0 aliphatic carbocycles. The van der Waals surface area contributed by atoms with Gasteiger partial charge in [0.2, 0.25) is 0 Å². The monoisotopic (exact) mass is 245 g/mol. The summed E-state index contributed by atoms with van der Waals surface area (Å²) in [5.41, 5.74) is 4.85. The molecule has 0 heterocycles. The highest BCUT2D eigenvalue weighted by molar-refractivity contribution is 4.81. The third-order valence-corrected chi connectivity index (χ3v) is 3.47. The fourth-order valence-electron chi connectivity index (χ4n) is 2.41. The molecule has 104 valence electrons. The summed E-state index contributed by atoms with van der Waals surface area (Å²) in [6, 6.07) is 0. The van der Waals surface area contributed by atoms with Crippen molar-refractivity contribution in [2.75, 3.05) is 20.3 Å². The Labute approximate surface area is 107 Å². The van der Waals surface area contributed by atoms with Gasteiger partial charge in [0.15, 0.2) is 0 Å². The standard InChI is InChI=1S/C14H31NO2/c1-4-6-8-13(5-2)11-14(16,12-17-3)9-7-10-15/h13,16H,4-12,15H2,1-3H3. The summed E-state index contributed by atoms with van der Waals surface area (Å²) in [5.74, 6) is 0.605. The van der Waals surface area contributed by atoms with Crippen molar-refractivity contribution in [3.63, 3.8) is 0 Å². The molecule has 17 heavy (non-hydrogen) atoms. The Kier molecular flexibility index (Phi) is 9.79. The van der Waals surface area contributed by atoms with Crippen LogP contribution in [0, 0.1) is 5.92 Å². The van der Waals surface area contributed by atoms with Crippen LogP contribution in [0.15, 0.2) is 0 Å². The van der Waals surface area contributed by atoms with E-state index in [0.29, 0.717) is 19.1 Å². The molecule has 0 amide bonds. The Morgan fingerprint density at radius 3 is 2.47 bits per heavy atom. The average Bonchev–Trinajstić information content (AvgIpc) is 2.32. The van der Waals surface area contributed by atoms with E-state index in [2.05, 4.69) is 13.8 Å². The highest BCUT2D eigenvalue weighted by atomic mass is 16.5. The van der Waals surface area contributed by atoms with Gasteiger partial charge in [0.05, 0.1) is 12.2 Å². The smallest absolute Gasteiger partial charge is 0.0883 e. The van der Waals surface area contributed by atoms with Gasteiger partial charge >= 0.3 is 0 Å². The summed E-state index contributed by atoms with van der Waals surface area (Å²) in [6.07, 6.45) is 7.28. The average molecular weight is 245 g/mol. The van der Waals surface area contributed by atoms with Gasteiger partial charge in [-0.3, -0.25) is 0 Å². The molecule has 0 saturated heterocycles. The number of aliphatic hydroxyl groups is 1. The predicted octanol–water partition coefficient (Wildman–Crippen LogP) is 2.71. The van der Waals surface area contributed by atoms with Crippen molar-refractivity contribution < 1.29 is 9.84 Å². The minimum atomic E-state index is -0.678. The second-order valence-electron chi connectivity index (χ2n) is 5.17. The molecule has 0 aromatic rings. The van der Waals surface area contributed by atoms with E-state index < -0.39 is 5.60 Å². The van der Waals surface area contributed by atoms with E-state index in [1.54, 1.807) is 7.11 Å². The molecule has 0 rings (SSSR count). The summed E-state index contributed by atoms with van der Waals surface area (Å²) in [7, 11) is 1.65. The topological polar surface area (TPSA) is 55.5 Å². The summed E-state index contributed by atoms with van der Waals surface area (Å²) in [4.78, 5) is 0. The maximum atomic E-state index is 10.6. The number of nitrogens with two attached hydrogens (primary N) is 1. The molecule has 3 heteroatoms. The molecular weight excluding hydrogens is 214 g/mol. The Bertz CT molecular complexity index is 176. The van der Waals surface area contributed by atoms with Crippen molar-refractivity contribution in [3.8, 4) is 0 Å². The van der Waals surface area contributed by atoms with E-state index in [-0.39, 0.29) is 0 Å². The molecule has 2 atom stereocenters. The van der Waals surface area contributed by atoms with Gasteiger partial charge in [-0.05, 0) is 31.7 Å². The minimum Gasteiger partial charge on any atom is -0.387 e. The number of unbranched alkanes of at least 4 members (excludes halogenated alkanes) is 1. The van der Waals surface area contributed by atoms with Crippen LogP contribution in [0.25, 0.3) is 0 Å². The van der Waals surface area contributed by atoms with Crippen LogP contribution in [-0.4, -0.2) is 31.0 Å². The van der Waals surface area contributed by atoms with Crippen LogP contribution in [0.3, 0.4) is 0 Å². The maximum absolute atomic E-state index is 10.6. The summed E-state index contributed by atoms with van der Waals surface area (Å²) in [5, 5.41) is 10.6. The first-order chi connectivity index (χ1) is 8.11. The SMILES string of the molecule is CCCCC(CC)CC(O)(CCCN)COC. The fraction of sp³-hybridized carbons (Fsp3) is 1.00. The third-order valence-electron chi connectivity index (χ3n) is 3.47. The van der Waals surface area contributed by atoms with E-state index in [1.165, 1.54) is 19.3 Å². The van der Waals surface area contributed by atoms with Crippen molar-refractivity contribution in [3.05, 3.63) is 0 Å². The molecule has 0 aliphatic heterocycles. The Balaban J connectivity index is 4.26. The van der Waals surface area contributed by atoms with Crippen molar-refractivity contribution in [2.24, 2.45) is 11.7 Å². The summed E-state index contributed by atoms with van der Waals surface area (Å²) in [6.45, 7) is 5.48. The number of methoxy groups -OCH3 is 1. The van der Waals surface area contributed by atoms with Gasteiger partial charge in [-0.1, -0.05) is 39.5 Å². The van der Waals surface area contributed by atoms with Crippen molar-refractivity contribution >= 4 is 0 Å². The highest BCUT2D eigenvalue weighted by Gasteiger charge is 2.29. The largest absolute Gasteiger partial charge is 0.387 e. The predicted molar refractivity (Wildman–Crippen MR) is 73.0 cm³/mol. The van der Waals surface area contributed by atoms with E-state index >= 15 is 0 Å². The van der Waals surface area contributed by atoms with Crippen LogP contribution >= 0.6 is 0 Å². The maximum Gasteiger partial charge on any atom is 0.0883 e. The lowest BCUT2D eigenvalue weighted by Crippen LogP contribution is -2.37. The molecule has 0 aliphatic rings. The number of ether oxygens (including phenoxy) is 1. The van der Waals surface area contributed by atoms with Gasteiger partial charge in [0.25, 0.3) is 0 Å². The first kappa shape index (κ1) is 16.9. The van der Waals surface area contributed by atoms with Crippen LogP contribution in [0.1, 0.15) is 58.8 Å². The Hall–Kier alpha value is -0.120. The molecule has 3 nitrogen and oxygen atoms in total. The molecule has 0 spiro atoms. The zero-order valence-electron chi connectivity index (χ0n) is 11.9. The molecule has 0 radical (unpaired) electrons. The van der Waals surface area contributed by atoms with E-state index in [9.17, 15) is 5.11 Å². The molecule has 3 N–H and O–H groups in total. The quantitative estimate of drug-likeness (QED) is 0.588. The van der Waals surface area contributed by atoms with E-state index in [1.807, 2.05) is 0 Å². The molecule has 0 bridgehead atoms. The Morgan fingerprint density at radius 2 is 2.00 bits per heavy atom. The lowest BCUT2D eigenvalue weighted by atomic mass is 9.83. The lowest BCUT2D eigenvalue weighted by Gasteiger charge is -2.31. The van der Waals surface area contributed by atoms with Crippen LogP contribution < -0.4 is 5.73 Å². The lowest BCUT2D eigenvalue weighted by molar-refractivity contribution is -0.0554. The van der Waals surface area contributed by atoms with E-state index in [4.69, 9.17) is 10.5 Å². The van der Waals surface area contributed by atoms with Gasteiger partial charge in [0.1, 0.15) is 0 Å². The molecule has 0 saturated carbocycles.